The van der Waals surface area contributed by atoms with Gasteiger partial charge in [-0.05, 0) is 12.8 Å². The summed E-state index contributed by atoms with van der Waals surface area (Å²) in [5, 5.41) is 17.1. The van der Waals surface area contributed by atoms with Crippen LogP contribution in [0.2, 0.25) is 0 Å². The molecule has 0 amide bonds. The molecule has 0 saturated heterocycles. The maximum atomic E-state index is 10.7. The van der Waals surface area contributed by atoms with E-state index < -0.39 is 15.2 Å². The van der Waals surface area contributed by atoms with Gasteiger partial charge in [0.1, 0.15) is 0 Å². The molecule has 0 aliphatic heterocycles. The van der Waals surface area contributed by atoms with Crippen molar-refractivity contribution in [2.75, 3.05) is 0 Å². The van der Waals surface area contributed by atoms with Gasteiger partial charge in [-0.1, -0.05) is 51.1 Å². The first-order chi connectivity index (χ1) is 6.86. The van der Waals surface area contributed by atoms with Crippen LogP contribution >= 0.6 is 44.3 Å². The molecule has 0 bridgehead atoms. The zero-order chi connectivity index (χ0) is 11.9. The third kappa shape index (κ3) is 9.42. The molecule has 0 spiro atoms. The lowest BCUT2D eigenvalue weighted by molar-refractivity contribution is -0.138. The Kier molecular flexibility index (Phi) is 10.7. The Morgan fingerprint density at radius 1 is 1.00 bits per heavy atom. The average Bonchev–Trinajstić information content (AvgIpc) is 2.10. The highest BCUT2D eigenvalue weighted by Gasteiger charge is 2.30. The molecule has 0 aromatic heterocycles. The number of carboxylic acid groups (broad SMARTS) is 2. The second-order valence-electron chi connectivity index (χ2n) is 3.32. The number of unbranched alkanes of at least 4 members (excludes halogenated alkanes) is 3. The van der Waals surface area contributed by atoms with Crippen molar-refractivity contribution in [3.05, 3.63) is 0 Å². The summed E-state index contributed by atoms with van der Waals surface area (Å²) in [4.78, 5) is 20.8. The van der Waals surface area contributed by atoms with Gasteiger partial charge in [0, 0.05) is 6.42 Å². The van der Waals surface area contributed by atoms with Crippen LogP contribution in [0.25, 0.3) is 0 Å². The Bertz CT molecular complexity index is 234. The van der Waals surface area contributed by atoms with Crippen LogP contribution in [0.3, 0.4) is 0 Å². The number of alkyl halides is 2. The Balaban J connectivity index is 0. The molecule has 0 aliphatic rings. The first-order valence-electron chi connectivity index (χ1n) is 4.69. The van der Waals surface area contributed by atoms with Gasteiger partial charge in [0.2, 0.25) is 0 Å². The summed E-state index contributed by atoms with van der Waals surface area (Å²) < 4.78 is -1.03. The molecular formula is C9H15Br2ClO4. The van der Waals surface area contributed by atoms with Gasteiger partial charge in [-0.3, -0.25) is 4.79 Å². The number of aliphatic carboxylic acids is 2. The fourth-order valence-corrected chi connectivity index (χ4v) is 1.64. The zero-order valence-electron chi connectivity index (χ0n) is 8.62. The predicted octanol–water partition coefficient (Wildman–Crippen LogP) is 3.40. The summed E-state index contributed by atoms with van der Waals surface area (Å²) >= 11 is 6.12. The molecule has 2 N–H and O–H groups in total. The van der Waals surface area contributed by atoms with Crippen LogP contribution in [0, 0.1) is 0 Å². The van der Waals surface area contributed by atoms with E-state index in [1.807, 2.05) is 0 Å². The van der Waals surface area contributed by atoms with E-state index in [-0.39, 0.29) is 18.8 Å². The van der Waals surface area contributed by atoms with Gasteiger partial charge in [-0.25, -0.2) is 4.79 Å². The number of rotatable bonds is 8. The number of hydrogen-bond acceptors (Lipinski definition) is 2. The molecule has 0 radical (unpaired) electrons. The Morgan fingerprint density at radius 3 is 1.94 bits per heavy atom. The van der Waals surface area contributed by atoms with Crippen LogP contribution in [-0.2, 0) is 9.59 Å². The van der Waals surface area contributed by atoms with Crippen LogP contribution in [0.4, 0.5) is 0 Å². The maximum Gasteiger partial charge on any atom is 0.331 e. The Hall–Kier alpha value is 0.190. The van der Waals surface area contributed by atoms with Crippen molar-refractivity contribution in [1.82, 2.24) is 0 Å². The van der Waals surface area contributed by atoms with E-state index in [1.165, 1.54) is 0 Å². The Labute approximate surface area is 117 Å². The zero-order valence-corrected chi connectivity index (χ0v) is 12.6. The van der Waals surface area contributed by atoms with Gasteiger partial charge in [0.15, 0.2) is 3.23 Å². The van der Waals surface area contributed by atoms with Crippen molar-refractivity contribution in [1.29, 1.82) is 0 Å². The van der Waals surface area contributed by atoms with Crippen LogP contribution in [0.15, 0.2) is 0 Å². The molecule has 0 rings (SSSR count). The molecule has 0 aromatic carbocycles. The summed E-state index contributed by atoms with van der Waals surface area (Å²) in [6.07, 6.45) is 3.74. The van der Waals surface area contributed by atoms with E-state index in [2.05, 4.69) is 31.9 Å². The first kappa shape index (κ1) is 18.6. The molecule has 0 atom stereocenters. The summed E-state index contributed by atoms with van der Waals surface area (Å²) in [7, 11) is 0. The third-order valence-corrected chi connectivity index (χ3v) is 3.42. The van der Waals surface area contributed by atoms with E-state index in [0.29, 0.717) is 12.8 Å². The standard InChI is InChI=1S/C9H14Br2O4.ClH/c10-9(11,8(14)15)6-4-2-1-3-5-7(12)13;/h1-6H2,(H,12,13)(H,14,15);1H. The number of carboxylic acids is 2. The normalized spacial score (nSPS) is 10.6. The Morgan fingerprint density at radius 2 is 1.50 bits per heavy atom. The molecule has 0 saturated carbocycles. The second-order valence-corrected chi connectivity index (χ2v) is 7.09. The van der Waals surface area contributed by atoms with Crippen molar-refractivity contribution in [2.24, 2.45) is 0 Å². The minimum atomic E-state index is -1.03. The number of hydrogen-bond donors (Lipinski definition) is 2. The lowest BCUT2D eigenvalue weighted by atomic mass is 10.1. The predicted molar refractivity (Wildman–Crippen MR) is 70.8 cm³/mol. The molecule has 0 heterocycles. The minimum absolute atomic E-state index is 0. The SMILES string of the molecule is Cl.O=C(O)CCCCCCC(Br)(Br)C(=O)O. The quantitative estimate of drug-likeness (QED) is 0.498. The van der Waals surface area contributed by atoms with Crippen molar-refractivity contribution in [2.45, 2.75) is 41.8 Å². The third-order valence-electron chi connectivity index (χ3n) is 1.94. The highest BCUT2D eigenvalue weighted by molar-refractivity contribution is 9.25. The summed E-state index contributed by atoms with van der Waals surface area (Å²) in [6.45, 7) is 0. The van der Waals surface area contributed by atoms with Gasteiger partial charge in [0.05, 0.1) is 0 Å². The molecule has 16 heavy (non-hydrogen) atoms. The molecular weight excluding hydrogens is 367 g/mol. The van der Waals surface area contributed by atoms with Gasteiger partial charge in [-0.2, -0.15) is 0 Å². The van der Waals surface area contributed by atoms with Crippen LogP contribution < -0.4 is 0 Å². The van der Waals surface area contributed by atoms with E-state index in [4.69, 9.17) is 10.2 Å². The monoisotopic (exact) mass is 380 g/mol. The van der Waals surface area contributed by atoms with Gasteiger partial charge in [-0.15, -0.1) is 12.4 Å². The largest absolute Gasteiger partial charge is 0.481 e. The molecule has 0 aliphatic carbocycles. The van der Waals surface area contributed by atoms with Crippen LogP contribution in [-0.4, -0.2) is 25.4 Å². The topological polar surface area (TPSA) is 74.6 Å². The van der Waals surface area contributed by atoms with Crippen molar-refractivity contribution < 1.29 is 19.8 Å². The molecule has 0 unspecified atom stereocenters. The second kappa shape index (κ2) is 9.24. The first-order valence-corrected chi connectivity index (χ1v) is 6.28. The van der Waals surface area contributed by atoms with Crippen molar-refractivity contribution in [3.63, 3.8) is 0 Å². The van der Waals surface area contributed by atoms with Gasteiger partial charge in [0.25, 0.3) is 0 Å². The summed E-state index contributed by atoms with van der Waals surface area (Å²) in [5.74, 6) is -1.72. The van der Waals surface area contributed by atoms with Gasteiger partial charge >= 0.3 is 11.9 Å². The molecule has 96 valence electrons. The fraction of sp³-hybridized carbons (Fsp3) is 0.778. The average molecular weight is 382 g/mol. The van der Waals surface area contributed by atoms with E-state index in [1.54, 1.807) is 0 Å². The maximum absolute atomic E-state index is 10.7. The fourth-order valence-electron chi connectivity index (χ4n) is 1.08. The van der Waals surface area contributed by atoms with Crippen LogP contribution in [0.5, 0.6) is 0 Å². The smallest absolute Gasteiger partial charge is 0.331 e. The number of carbonyl (C=O) groups is 2. The van der Waals surface area contributed by atoms with Crippen LogP contribution in [0.1, 0.15) is 38.5 Å². The molecule has 7 heteroatoms. The highest BCUT2D eigenvalue weighted by Crippen LogP contribution is 2.32. The van der Waals surface area contributed by atoms with Crippen molar-refractivity contribution in [3.8, 4) is 0 Å². The number of halogens is 3. The highest BCUT2D eigenvalue weighted by atomic mass is 79.9. The van der Waals surface area contributed by atoms with E-state index in [0.717, 1.165) is 19.3 Å². The lowest BCUT2D eigenvalue weighted by Crippen LogP contribution is -2.23. The van der Waals surface area contributed by atoms with Crippen molar-refractivity contribution >= 4 is 56.2 Å². The summed E-state index contributed by atoms with van der Waals surface area (Å²) in [5.41, 5.74) is 0. The van der Waals surface area contributed by atoms with Gasteiger partial charge < -0.3 is 10.2 Å². The van der Waals surface area contributed by atoms with E-state index in [9.17, 15) is 9.59 Å². The molecule has 0 aromatic rings. The molecule has 0 fully saturated rings. The lowest BCUT2D eigenvalue weighted by Gasteiger charge is -2.14. The minimum Gasteiger partial charge on any atom is -0.481 e. The van der Waals surface area contributed by atoms with E-state index >= 15 is 0 Å². The summed E-state index contributed by atoms with van der Waals surface area (Å²) in [6, 6.07) is 0. The molecule has 4 nitrogen and oxygen atoms in total.